The molecule has 2 aromatic rings. The third kappa shape index (κ3) is 5.89. The van der Waals surface area contributed by atoms with Crippen molar-refractivity contribution in [1.29, 1.82) is 0 Å². The fourth-order valence-corrected chi connectivity index (χ4v) is 5.74. The molecule has 2 saturated heterocycles. The second-order valence-corrected chi connectivity index (χ2v) is 11.0. The first-order chi connectivity index (χ1) is 17.9. The lowest BCUT2D eigenvalue weighted by molar-refractivity contribution is -0.126. The first-order valence-electron chi connectivity index (χ1n) is 13.5. The van der Waals surface area contributed by atoms with Gasteiger partial charge in [-0.1, -0.05) is 50.8 Å². The molecule has 2 aromatic carbocycles. The SMILES string of the molecule is C=C1CCC(N2Cc3cc(OC4CN(CC(C)C)CCC4NCc4ccccc4)ccc3C2=O)C(=O)N1. The Labute approximate surface area is 219 Å². The van der Waals surface area contributed by atoms with Gasteiger partial charge in [0.05, 0.1) is 0 Å². The maximum Gasteiger partial charge on any atom is 0.255 e. The molecule has 5 rings (SSSR count). The molecule has 3 unspecified atom stereocenters. The lowest BCUT2D eigenvalue weighted by Crippen LogP contribution is -2.55. The Bertz CT molecular complexity index is 1150. The Morgan fingerprint density at radius 2 is 1.95 bits per heavy atom. The van der Waals surface area contributed by atoms with Gasteiger partial charge >= 0.3 is 0 Å². The van der Waals surface area contributed by atoms with Crippen molar-refractivity contribution in [2.75, 3.05) is 19.6 Å². The highest BCUT2D eigenvalue weighted by atomic mass is 16.5. The lowest BCUT2D eigenvalue weighted by atomic mass is 9.99. The zero-order valence-electron chi connectivity index (χ0n) is 21.9. The molecule has 7 heteroatoms. The number of amides is 2. The Morgan fingerprint density at radius 1 is 1.14 bits per heavy atom. The minimum atomic E-state index is -0.454. The quantitative estimate of drug-likeness (QED) is 0.576. The number of hydrogen-bond acceptors (Lipinski definition) is 5. The zero-order valence-corrected chi connectivity index (χ0v) is 21.9. The van der Waals surface area contributed by atoms with E-state index < -0.39 is 6.04 Å². The predicted molar refractivity (Wildman–Crippen MR) is 144 cm³/mol. The molecule has 2 N–H and O–H groups in total. The van der Waals surface area contributed by atoms with E-state index in [1.54, 1.807) is 4.90 Å². The second kappa shape index (κ2) is 11.1. The normalized spacial score (nSPS) is 24.4. The number of rotatable bonds is 8. The van der Waals surface area contributed by atoms with Crippen LogP contribution in [0.4, 0.5) is 0 Å². The van der Waals surface area contributed by atoms with E-state index in [1.807, 2.05) is 24.3 Å². The van der Waals surface area contributed by atoms with Gasteiger partial charge in [0.15, 0.2) is 0 Å². The van der Waals surface area contributed by atoms with Crippen molar-refractivity contribution < 1.29 is 14.3 Å². The van der Waals surface area contributed by atoms with Crippen molar-refractivity contribution >= 4 is 11.8 Å². The summed E-state index contributed by atoms with van der Waals surface area (Å²) in [6.45, 7) is 12.5. The van der Waals surface area contributed by atoms with E-state index in [0.717, 1.165) is 49.6 Å². The third-order valence-electron chi connectivity index (χ3n) is 7.57. The average Bonchev–Trinajstić information content (AvgIpc) is 3.19. The van der Waals surface area contributed by atoms with Crippen LogP contribution in [-0.2, 0) is 17.9 Å². The number of nitrogens with one attached hydrogen (secondary N) is 2. The summed E-state index contributed by atoms with van der Waals surface area (Å²) in [4.78, 5) is 29.8. The summed E-state index contributed by atoms with van der Waals surface area (Å²) >= 11 is 0. The first-order valence-corrected chi connectivity index (χ1v) is 13.5. The van der Waals surface area contributed by atoms with E-state index in [0.29, 0.717) is 30.9 Å². The third-order valence-corrected chi connectivity index (χ3v) is 7.57. The fraction of sp³-hybridized carbons (Fsp3) is 0.467. The number of allylic oxidation sites excluding steroid dienone is 1. The van der Waals surface area contributed by atoms with Gasteiger partial charge in [-0.3, -0.25) is 14.5 Å². The highest BCUT2D eigenvalue weighted by molar-refractivity contribution is 6.01. The van der Waals surface area contributed by atoms with Crippen LogP contribution in [0.2, 0.25) is 0 Å². The summed E-state index contributed by atoms with van der Waals surface area (Å²) in [6.07, 6.45) is 2.31. The number of benzene rings is 2. The van der Waals surface area contributed by atoms with Gasteiger partial charge in [-0.15, -0.1) is 0 Å². The largest absolute Gasteiger partial charge is 0.487 e. The second-order valence-electron chi connectivity index (χ2n) is 11.0. The monoisotopic (exact) mass is 502 g/mol. The summed E-state index contributed by atoms with van der Waals surface area (Å²) in [5.41, 5.74) is 3.56. The maximum absolute atomic E-state index is 13.1. The number of piperidine rings is 2. The van der Waals surface area contributed by atoms with Gasteiger partial charge in [-0.25, -0.2) is 0 Å². The minimum Gasteiger partial charge on any atom is -0.487 e. The summed E-state index contributed by atoms with van der Waals surface area (Å²) < 4.78 is 6.62. The van der Waals surface area contributed by atoms with Gasteiger partial charge in [-0.05, 0) is 61.1 Å². The first kappa shape index (κ1) is 25.5. The van der Waals surface area contributed by atoms with Gasteiger partial charge in [-0.2, -0.15) is 0 Å². The van der Waals surface area contributed by atoms with E-state index >= 15 is 0 Å². The van der Waals surface area contributed by atoms with Crippen molar-refractivity contribution in [3.63, 3.8) is 0 Å². The van der Waals surface area contributed by atoms with Crippen LogP contribution < -0.4 is 15.4 Å². The fourth-order valence-electron chi connectivity index (χ4n) is 5.74. The number of carbonyl (C=O) groups is 2. The van der Waals surface area contributed by atoms with Gasteiger partial charge in [0, 0.05) is 43.5 Å². The summed E-state index contributed by atoms with van der Waals surface area (Å²) in [6, 6.07) is 16.0. The molecule has 37 heavy (non-hydrogen) atoms. The topological polar surface area (TPSA) is 73.9 Å². The molecule has 0 aromatic heterocycles. The molecule has 3 aliphatic rings. The van der Waals surface area contributed by atoms with Gasteiger partial charge < -0.3 is 20.3 Å². The smallest absolute Gasteiger partial charge is 0.255 e. The highest BCUT2D eigenvalue weighted by Crippen LogP contribution is 2.31. The molecule has 3 heterocycles. The van der Waals surface area contributed by atoms with Crippen LogP contribution in [0.3, 0.4) is 0 Å². The van der Waals surface area contributed by atoms with E-state index in [4.69, 9.17) is 4.74 Å². The number of ether oxygens (including phenoxy) is 1. The number of fused-ring (bicyclic) bond motifs is 1. The molecule has 0 saturated carbocycles. The van der Waals surface area contributed by atoms with Gasteiger partial charge in [0.2, 0.25) is 5.91 Å². The van der Waals surface area contributed by atoms with Crippen LogP contribution in [0, 0.1) is 5.92 Å². The highest BCUT2D eigenvalue weighted by Gasteiger charge is 2.38. The molecule has 196 valence electrons. The van der Waals surface area contributed by atoms with Crippen molar-refractivity contribution in [2.24, 2.45) is 5.92 Å². The van der Waals surface area contributed by atoms with Crippen molar-refractivity contribution in [3.8, 4) is 5.75 Å². The molecule has 3 atom stereocenters. The Morgan fingerprint density at radius 3 is 2.70 bits per heavy atom. The Kier molecular flexibility index (Phi) is 7.63. The van der Waals surface area contributed by atoms with E-state index in [1.165, 1.54) is 5.56 Å². The van der Waals surface area contributed by atoms with Crippen LogP contribution in [0.25, 0.3) is 0 Å². The van der Waals surface area contributed by atoms with E-state index in [-0.39, 0.29) is 24.0 Å². The van der Waals surface area contributed by atoms with Crippen molar-refractivity contribution in [2.45, 2.75) is 64.4 Å². The summed E-state index contributed by atoms with van der Waals surface area (Å²) in [5.74, 6) is 1.14. The summed E-state index contributed by atoms with van der Waals surface area (Å²) in [7, 11) is 0. The van der Waals surface area contributed by atoms with Crippen LogP contribution in [0.15, 0.2) is 60.8 Å². The molecular weight excluding hydrogens is 464 g/mol. The molecule has 3 aliphatic heterocycles. The maximum atomic E-state index is 13.1. The molecule has 0 spiro atoms. The number of nitrogens with zero attached hydrogens (tertiary/aromatic N) is 2. The van der Waals surface area contributed by atoms with Crippen LogP contribution >= 0.6 is 0 Å². The average molecular weight is 503 g/mol. The van der Waals surface area contributed by atoms with Crippen molar-refractivity contribution in [1.82, 2.24) is 20.4 Å². The molecule has 0 bridgehead atoms. The molecule has 0 radical (unpaired) electrons. The lowest BCUT2D eigenvalue weighted by Gasteiger charge is -2.39. The van der Waals surface area contributed by atoms with Crippen LogP contribution in [0.1, 0.15) is 54.6 Å². The molecule has 7 nitrogen and oxygen atoms in total. The predicted octanol–water partition coefficient (Wildman–Crippen LogP) is 3.70. The number of likely N-dealkylation sites (tertiary alicyclic amines) is 1. The number of hydrogen-bond donors (Lipinski definition) is 2. The van der Waals surface area contributed by atoms with E-state index in [9.17, 15) is 9.59 Å². The van der Waals surface area contributed by atoms with Gasteiger partial charge in [0.25, 0.3) is 5.91 Å². The van der Waals surface area contributed by atoms with Crippen LogP contribution in [-0.4, -0.2) is 59.4 Å². The molecule has 2 amide bonds. The van der Waals surface area contributed by atoms with Crippen molar-refractivity contribution in [3.05, 3.63) is 77.5 Å². The standard InChI is InChI=1S/C30H38N4O3/c1-20(2)17-33-14-13-26(31-16-22-7-5-4-6-8-22)28(19-33)37-24-10-11-25-23(15-24)18-34(30(25)36)27-12-9-21(3)32-29(27)35/h4-8,10-11,15,20,26-28,31H,3,9,12-14,16-19H2,1-2H3,(H,32,35). The summed E-state index contributed by atoms with van der Waals surface area (Å²) in [5, 5.41) is 6.54. The minimum absolute atomic E-state index is 0.00222. The molecular formula is C30H38N4O3. The molecule has 2 fully saturated rings. The Balaban J connectivity index is 1.29. The zero-order chi connectivity index (χ0) is 25.9. The van der Waals surface area contributed by atoms with E-state index in [2.05, 4.69) is 60.2 Å². The van der Waals surface area contributed by atoms with Crippen LogP contribution in [0.5, 0.6) is 5.75 Å². The van der Waals surface area contributed by atoms with Gasteiger partial charge in [0.1, 0.15) is 17.9 Å². The Hall–Kier alpha value is -3.16. The number of carbonyl (C=O) groups excluding carboxylic acids is 2. The molecule has 0 aliphatic carbocycles.